The maximum Gasteiger partial charge on any atom is 0.155 e. The van der Waals surface area contributed by atoms with Crippen LogP contribution >= 0.6 is 11.6 Å². The second-order valence-corrected chi connectivity index (χ2v) is 3.05. The maximum atomic E-state index is 5.87. The van der Waals surface area contributed by atoms with E-state index in [1.54, 1.807) is 23.1 Å². The number of nitrogens with two attached hydrogens (primary N) is 1. The van der Waals surface area contributed by atoms with Gasteiger partial charge in [0.05, 0.1) is 10.7 Å². The Kier molecular flexibility index (Phi) is 2.43. The van der Waals surface area contributed by atoms with Gasteiger partial charge in [-0.3, -0.25) is 0 Å². The highest BCUT2D eigenvalue weighted by atomic mass is 35.5. The maximum absolute atomic E-state index is 5.87. The highest BCUT2D eigenvalue weighted by molar-refractivity contribution is 6.31. The molecule has 14 heavy (non-hydrogen) atoms. The monoisotopic (exact) mass is 209 g/mol. The van der Waals surface area contributed by atoms with E-state index in [1.165, 1.54) is 6.33 Å². The minimum atomic E-state index is 0.307. The molecule has 0 spiro atoms. The second kappa shape index (κ2) is 3.73. The zero-order chi connectivity index (χ0) is 9.97. The van der Waals surface area contributed by atoms with E-state index in [0.717, 1.165) is 0 Å². The van der Waals surface area contributed by atoms with Crippen LogP contribution < -0.4 is 5.73 Å². The fraction of sp³-hybridized carbons (Fsp3) is 0.125. The topological polar surface area (TPSA) is 69.6 Å². The van der Waals surface area contributed by atoms with Crippen LogP contribution in [0.4, 0.5) is 0 Å². The lowest BCUT2D eigenvalue weighted by atomic mass is 10.3. The Hall–Kier alpha value is -1.46. The molecule has 0 aliphatic rings. The summed E-state index contributed by atoms with van der Waals surface area (Å²) in [5.74, 6) is 0.660. The number of nitrogens with zero attached hydrogens (tertiary/aromatic N) is 4. The molecule has 0 aliphatic heterocycles. The first-order chi connectivity index (χ1) is 6.81. The normalized spacial score (nSPS) is 10.4. The van der Waals surface area contributed by atoms with E-state index in [2.05, 4.69) is 15.1 Å². The van der Waals surface area contributed by atoms with E-state index < -0.39 is 0 Å². The summed E-state index contributed by atoms with van der Waals surface area (Å²) >= 11 is 5.87. The molecule has 0 fully saturated rings. The van der Waals surface area contributed by atoms with Gasteiger partial charge in [0, 0.05) is 6.54 Å². The lowest BCUT2D eigenvalue weighted by Crippen LogP contribution is -2.05. The third kappa shape index (κ3) is 1.59. The van der Waals surface area contributed by atoms with Crippen molar-refractivity contribution in [3.05, 3.63) is 35.5 Å². The highest BCUT2D eigenvalue weighted by Crippen LogP contribution is 2.14. The van der Waals surface area contributed by atoms with Crippen molar-refractivity contribution in [1.29, 1.82) is 0 Å². The first-order valence-electron chi connectivity index (χ1n) is 4.02. The van der Waals surface area contributed by atoms with Crippen molar-refractivity contribution >= 4 is 11.6 Å². The van der Waals surface area contributed by atoms with Gasteiger partial charge in [0.1, 0.15) is 12.7 Å². The molecule has 0 aromatic carbocycles. The summed E-state index contributed by atoms with van der Waals surface area (Å²) in [5, 5.41) is 4.52. The summed E-state index contributed by atoms with van der Waals surface area (Å²) in [5.41, 5.74) is 6.13. The summed E-state index contributed by atoms with van der Waals surface area (Å²) in [6.07, 6.45) is 3.01. The van der Waals surface area contributed by atoms with Gasteiger partial charge in [0.25, 0.3) is 0 Å². The Balaban J connectivity index is 2.46. The fourth-order valence-electron chi connectivity index (χ4n) is 1.07. The van der Waals surface area contributed by atoms with E-state index >= 15 is 0 Å². The summed E-state index contributed by atoms with van der Waals surface area (Å²) in [6.45, 7) is 0.307. The van der Waals surface area contributed by atoms with Crippen LogP contribution in [-0.4, -0.2) is 19.7 Å². The Morgan fingerprint density at radius 1 is 1.43 bits per heavy atom. The van der Waals surface area contributed by atoms with Crippen LogP contribution in [0.2, 0.25) is 5.02 Å². The van der Waals surface area contributed by atoms with Crippen LogP contribution in [0, 0.1) is 0 Å². The van der Waals surface area contributed by atoms with Gasteiger partial charge in [-0.15, -0.1) is 0 Å². The van der Waals surface area contributed by atoms with Crippen molar-refractivity contribution in [3.8, 4) is 5.82 Å². The minimum absolute atomic E-state index is 0.307. The molecule has 0 bridgehead atoms. The first-order valence-corrected chi connectivity index (χ1v) is 4.39. The largest absolute Gasteiger partial charge is 0.325 e. The number of rotatable bonds is 2. The van der Waals surface area contributed by atoms with E-state index in [-0.39, 0.29) is 0 Å². The Labute approximate surface area is 85.5 Å². The quantitative estimate of drug-likeness (QED) is 0.794. The molecule has 2 aromatic rings. The van der Waals surface area contributed by atoms with E-state index in [0.29, 0.717) is 23.1 Å². The summed E-state index contributed by atoms with van der Waals surface area (Å²) in [7, 11) is 0. The average molecular weight is 210 g/mol. The van der Waals surface area contributed by atoms with Crippen molar-refractivity contribution in [2.75, 3.05) is 0 Å². The van der Waals surface area contributed by atoms with E-state index in [9.17, 15) is 0 Å². The molecule has 0 unspecified atom stereocenters. The molecule has 0 aliphatic carbocycles. The lowest BCUT2D eigenvalue weighted by molar-refractivity contribution is 0.828. The molecule has 0 radical (unpaired) electrons. The standard InChI is InChI=1S/C8H8ClN5/c9-6-1-2-8(13-7(6)3-10)14-5-11-4-12-14/h1-2,4-5H,3,10H2. The van der Waals surface area contributed by atoms with Crippen LogP contribution in [0.15, 0.2) is 24.8 Å². The number of hydrogen-bond acceptors (Lipinski definition) is 4. The zero-order valence-electron chi connectivity index (χ0n) is 7.26. The molecule has 72 valence electrons. The van der Waals surface area contributed by atoms with Crippen molar-refractivity contribution in [3.63, 3.8) is 0 Å². The number of pyridine rings is 1. The van der Waals surface area contributed by atoms with Crippen molar-refractivity contribution in [1.82, 2.24) is 19.7 Å². The number of aromatic nitrogens is 4. The van der Waals surface area contributed by atoms with Crippen molar-refractivity contribution in [2.24, 2.45) is 5.73 Å². The Bertz CT molecular complexity index is 425. The molecule has 0 amide bonds. The van der Waals surface area contributed by atoms with Gasteiger partial charge in [-0.1, -0.05) is 11.6 Å². The van der Waals surface area contributed by atoms with E-state index in [1.807, 2.05) is 0 Å². The summed E-state index contributed by atoms with van der Waals surface area (Å²) < 4.78 is 1.55. The molecule has 6 heteroatoms. The fourth-order valence-corrected chi connectivity index (χ4v) is 1.25. The van der Waals surface area contributed by atoms with E-state index in [4.69, 9.17) is 17.3 Å². The number of hydrogen-bond donors (Lipinski definition) is 1. The third-order valence-corrected chi connectivity index (χ3v) is 2.09. The number of halogens is 1. The zero-order valence-corrected chi connectivity index (χ0v) is 8.02. The van der Waals surface area contributed by atoms with Gasteiger partial charge in [0.15, 0.2) is 5.82 Å². The van der Waals surface area contributed by atoms with Crippen LogP contribution in [0.3, 0.4) is 0 Å². The van der Waals surface area contributed by atoms with Crippen LogP contribution in [0.5, 0.6) is 0 Å². The van der Waals surface area contributed by atoms with Crippen LogP contribution in [0.25, 0.3) is 5.82 Å². The van der Waals surface area contributed by atoms with Gasteiger partial charge in [-0.25, -0.2) is 14.6 Å². The van der Waals surface area contributed by atoms with Gasteiger partial charge >= 0.3 is 0 Å². The predicted molar refractivity (Wildman–Crippen MR) is 52.1 cm³/mol. The molecule has 2 rings (SSSR count). The highest BCUT2D eigenvalue weighted by Gasteiger charge is 2.03. The first kappa shape index (κ1) is 9.11. The molecule has 0 saturated heterocycles. The van der Waals surface area contributed by atoms with Crippen molar-refractivity contribution in [2.45, 2.75) is 6.54 Å². The van der Waals surface area contributed by atoms with Gasteiger partial charge < -0.3 is 5.73 Å². The summed E-state index contributed by atoms with van der Waals surface area (Å²) in [6, 6.07) is 3.50. The van der Waals surface area contributed by atoms with Crippen LogP contribution in [0.1, 0.15) is 5.69 Å². The summed E-state index contributed by atoms with van der Waals surface area (Å²) in [4.78, 5) is 8.06. The SMILES string of the molecule is NCc1nc(-n2cncn2)ccc1Cl. The second-order valence-electron chi connectivity index (χ2n) is 2.64. The molecule has 2 aromatic heterocycles. The average Bonchev–Trinajstić information content (AvgIpc) is 2.71. The predicted octanol–water partition coefficient (Wildman–Crippen LogP) is 0.774. The molecule has 5 nitrogen and oxygen atoms in total. The Morgan fingerprint density at radius 2 is 2.29 bits per heavy atom. The molecular formula is C8H8ClN5. The van der Waals surface area contributed by atoms with Crippen LogP contribution in [-0.2, 0) is 6.54 Å². The van der Waals surface area contributed by atoms with Gasteiger partial charge in [0.2, 0.25) is 0 Å². The molecule has 2 heterocycles. The van der Waals surface area contributed by atoms with Gasteiger partial charge in [-0.2, -0.15) is 5.10 Å². The smallest absolute Gasteiger partial charge is 0.155 e. The third-order valence-electron chi connectivity index (χ3n) is 1.75. The molecule has 2 N–H and O–H groups in total. The lowest BCUT2D eigenvalue weighted by Gasteiger charge is -2.03. The Morgan fingerprint density at radius 3 is 2.93 bits per heavy atom. The molecule has 0 saturated carbocycles. The van der Waals surface area contributed by atoms with Gasteiger partial charge in [-0.05, 0) is 12.1 Å². The minimum Gasteiger partial charge on any atom is -0.325 e. The van der Waals surface area contributed by atoms with Crippen molar-refractivity contribution < 1.29 is 0 Å². The molecule has 0 atom stereocenters. The molecular weight excluding hydrogens is 202 g/mol.